The standard InChI is InChI=1S/C26H20BrF2NO5/c1-3-35-17-8-4-14(5-9-17)23-22(24(31)15-6-11-21(34-2)18(27)12-15)25(32)26(33)30(23)16-7-10-19(28)20(29)13-16/h4-13,23,31H,3H2,1-2H3/b24-22+. The van der Waals surface area contributed by atoms with Crippen LogP contribution in [0.25, 0.3) is 5.76 Å². The van der Waals surface area contributed by atoms with E-state index in [1.54, 1.807) is 42.5 Å². The number of carbonyl (C=O) groups is 2. The van der Waals surface area contributed by atoms with E-state index < -0.39 is 35.1 Å². The Bertz CT molecular complexity index is 1340. The van der Waals surface area contributed by atoms with Gasteiger partial charge in [0.1, 0.15) is 17.3 Å². The molecule has 1 atom stereocenters. The van der Waals surface area contributed by atoms with Crippen LogP contribution in [0, 0.1) is 11.6 Å². The molecule has 6 nitrogen and oxygen atoms in total. The van der Waals surface area contributed by atoms with Crippen molar-refractivity contribution in [1.82, 2.24) is 0 Å². The normalized spacial score (nSPS) is 17.1. The number of benzene rings is 3. The second-order valence-electron chi connectivity index (χ2n) is 7.62. The third-order valence-electron chi connectivity index (χ3n) is 5.56. The molecule has 0 aromatic heterocycles. The molecule has 0 spiro atoms. The Balaban J connectivity index is 1.92. The van der Waals surface area contributed by atoms with Crippen molar-refractivity contribution in [2.45, 2.75) is 13.0 Å². The van der Waals surface area contributed by atoms with Gasteiger partial charge in [0.25, 0.3) is 11.7 Å². The first-order valence-corrected chi connectivity index (χ1v) is 11.4. The summed E-state index contributed by atoms with van der Waals surface area (Å²) in [6, 6.07) is 13.1. The summed E-state index contributed by atoms with van der Waals surface area (Å²) < 4.78 is 38.9. The van der Waals surface area contributed by atoms with Gasteiger partial charge in [-0.1, -0.05) is 12.1 Å². The number of carbonyl (C=O) groups excluding carboxylic acids is 2. The SMILES string of the molecule is CCOc1ccc(C2/C(=C(\O)c3ccc(OC)c(Br)c3)C(=O)C(=O)N2c2ccc(F)c(F)c2)cc1. The van der Waals surface area contributed by atoms with Crippen LogP contribution in [0.15, 0.2) is 70.7 Å². The van der Waals surface area contributed by atoms with E-state index in [0.717, 1.165) is 17.0 Å². The molecule has 0 bridgehead atoms. The molecule has 1 aliphatic heterocycles. The number of anilines is 1. The minimum absolute atomic E-state index is 0.0279. The molecule has 0 saturated carbocycles. The van der Waals surface area contributed by atoms with Gasteiger partial charge in [-0.25, -0.2) is 8.78 Å². The van der Waals surface area contributed by atoms with Gasteiger partial charge in [0.2, 0.25) is 0 Å². The van der Waals surface area contributed by atoms with E-state index in [-0.39, 0.29) is 16.8 Å². The molecular weight excluding hydrogens is 524 g/mol. The number of ketones is 1. The second-order valence-corrected chi connectivity index (χ2v) is 8.47. The molecule has 0 aliphatic carbocycles. The lowest BCUT2D eigenvalue weighted by Gasteiger charge is -2.25. The van der Waals surface area contributed by atoms with Crippen molar-refractivity contribution in [1.29, 1.82) is 0 Å². The molecule has 4 rings (SSSR count). The van der Waals surface area contributed by atoms with Crippen molar-refractivity contribution in [3.63, 3.8) is 0 Å². The fourth-order valence-electron chi connectivity index (χ4n) is 3.93. The lowest BCUT2D eigenvalue weighted by Crippen LogP contribution is -2.29. The van der Waals surface area contributed by atoms with E-state index in [1.807, 2.05) is 6.92 Å². The van der Waals surface area contributed by atoms with Crippen LogP contribution in [0.4, 0.5) is 14.5 Å². The van der Waals surface area contributed by atoms with Gasteiger partial charge in [-0.05, 0) is 70.9 Å². The van der Waals surface area contributed by atoms with Crippen molar-refractivity contribution in [3.05, 3.63) is 93.5 Å². The molecular formula is C26H20BrF2NO5. The lowest BCUT2D eigenvalue weighted by atomic mass is 9.95. The van der Waals surface area contributed by atoms with E-state index in [1.165, 1.54) is 13.2 Å². The quantitative estimate of drug-likeness (QED) is 0.243. The monoisotopic (exact) mass is 543 g/mol. The van der Waals surface area contributed by atoms with Crippen LogP contribution in [0.2, 0.25) is 0 Å². The van der Waals surface area contributed by atoms with Gasteiger partial charge in [0.05, 0.1) is 29.8 Å². The van der Waals surface area contributed by atoms with Crippen molar-refractivity contribution in [2.75, 3.05) is 18.6 Å². The Kier molecular flexibility index (Phi) is 6.88. The maximum absolute atomic E-state index is 14.1. The molecule has 1 N–H and O–H groups in total. The predicted molar refractivity (Wildman–Crippen MR) is 129 cm³/mol. The third-order valence-corrected chi connectivity index (χ3v) is 6.18. The molecule has 180 valence electrons. The highest BCUT2D eigenvalue weighted by Crippen LogP contribution is 2.43. The van der Waals surface area contributed by atoms with Gasteiger partial charge in [0.15, 0.2) is 11.6 Å². The van der Waals surface area contributed by atoms with Crippen molar-refractivity contribution < 1.29 is 33.0 Å². The lowest BCUT2D eigenvalue weighted by molar-refractivity contribution is -0.132. The number of methoxy groups -OCH3 is 1. The Labute approximate surface area is 208 Å². The predicted octanol–water partition coefficient (Wildman–Crippen LogP) is 5.76. The van der Waals surface area contributed by atoms with Crippen molar-refractivity contribution in [3.8, 4) is 11.5 Å². The Morgan fingerprint density at radius 2 is 1.74 bits per heavy atom. The number of aliphatic hydroxyl groups is 1. The molecule has 1 unspecified atom stereocenters. The summed E-state index contributed by atoms with van der Waals surface area (Å²) in [6.45, 7) is 2.28. The molecule has 1 aliphatic rings. The number of nitrogens with zero attached hydrogens (tertiary/aromatic N) is 1. The summed E-state index contributed by atoms with van der Waals surface area (Å²) in [7, 11) is 1.49. The third kappa shape index (κ3) is 4.51. The van der Waals surface area contributed by atoms with E-state index in [9.17, 15) is 23.5 Å². The first kappa shape index (κ1) is 24.4. The highest BCUT2D eigenvalue weighted by molar-refractivity contribution is 9.10. The van der Waals surface area contributed by atoms with Crippen molar-refractivity contribution >= 4 is 39.1 Å². The Morgan fingerprint density at radius 3 is 2.34 bits per heavy atom. The zero-order chi connectivity index (χ0) is 25.3. The number of rotatable bonds is 6. The summed E-state index contributed by atoms with van der Waals surface area (Å²) >= 11 is 3.35. The number of hydrogen-bond acceptors (Lipinski definition) is 5. The van der Waals surface area contributed by atoms with Crippen LogP contribution >= 0.6 is 15.9 Å². The van der Waals surface area contributed by atoms with Crippen LogP contribution in [-0.2, 0) is 9.59 Å². The number of aliphatic hydroxyl groups excluding tert-OH is 1. The molecule has 0 radical (unpaired) electrons. The highest BCUT2D eigenvalue weighted by Gasteiger charge is 2.47. The average molecular weight is 544 g/mol. The molecule has 9 heteroatoms. The van der Waals surface area contributed by atoms with Crippen LogP contribution in [0.5, 0.6) is 11.5 Å². The van der Waals surface area contributed by atoms with Crippen molar-refractivity contribution in [2.24, 2.45) is 0 Å². The average Bonchev–Trinajstić information content (AvgIpc) is 3.11. The zero-order valence-electron chi connectivity index (χ0n) is 18.7. The summed E-state index contributed by atoms with van der Waals surface area (Å²) in [5.74, 6) is -3.55. The fraction of sp³-hybridized carbons (Fsp3) is 0.154. The van der Waals surface area contributed by atoms with E-state index in [4.69, 9.17) is 9.47 Å². The van der Waals surface area contributed by atoms with Gasteiger partial charge in [0, 0.05) is 17.3 Å². The van der Waals surface area contributed by atoms with Gasteiger partial charge < -0.3 is 14.6 Å². The summed E-state index contributed by atoms with van der Waals surface area (Å²) in [4.78, 5) is 27.4. The molecule has 1 heterocycles. The van der Waals surface area contributed by atoms with Gasteiger partial charge >= 0.3 is 0 Å². The van der Waals surface area contributed by atoms with Crippen LogP contribution in [0.3, 0.4) is 0 Å². The summed E-state index contributed by atoms with van der Waals surface area (Å²) in [5, 5.41) is 11.2. The first-order chi connectivity index (χ1) is 16.8. The number of hydrogen-bond donors (Lipinski definition) is 1. The smallest absolute Gasteiger partial charge is 0.300 e. The van der Waals surface area contributed by atoms with E-state index >= 15 is 0 Å². The van der Waals surface area contributed by atoms with Crippen LogP contribution < -0.4 is 14.4 Å². The number of Topliss-reactive ketones (excluding diaryl/α,β-unsaturated/α-hetero) is 1. The molecule has 1 fully saturated rings. The molecule has 1 saturated heterocycles. The van der Waals surface area contributed by atoms with E-state index in [2.05, 4.69) is 15.9 Å². The molecule has 3 aromatic rings. The van der Waals surface area contributed by atoms with Crippen LogP contribution in [-0.4, -0.2) is 30.5 Å². The van der Waals surface area contributed by atoms with Gasteiger partial charge in [-0.3, -0.25) is 14.5 Å². The Morgan fingerprint density at radius 1 is 1.03 bits per heavy atom. The molecule has 1 amide bonds. The van der Waals surface area contributed by atoms with Gasteiger partial charge in [-0.2, -0.15) is 0 Å². The van der Waals surface area contributed by atoms with Gasteiger partial charge in [-0.15, -0.1) is 0 Å². The fourth-order valence-corrected chi connectivity index (χ4v) is 4.47. The number of halogens is 3. The molecule has 35 heavy (non-hydrogen) atoms. The second kappa shape index (κ2) is 9.87. The number of amides is 1. The first-order valence-electron chi connectivity index (χ1n) is 10.6. The minimum atomic E-state index is -1.17. The summed E-state index contributed by atoms with van der Waals surface area (Å²) in [6.07, 6.45) is 0. The zero-order valence-corrected chi connectivity index (χ0v) is 20.3. The Hall–Kier alpha value is -3.72. The minimum Gasteiger partial charge on any atom is -0.507 e. The highest BCUT2D eigenvalue weighted by atomic mass is 79.9. The van der Waals surface area contributed by atoms with E-state index in [0.29, 0.717) is 28.1 Å². The number of ether oxygens (including phenoxy) is 2. The van der Waals surface area contributed by atoms with Crippen LogP contribution in [0.1, 0.15) is 24.1 Å². The maximum Gasteiger partial charge on any atom is 0.300 e. The topological polar surface area (TPSA) is 76.1 Å². The summed E-state index contributed by atoms with van der Waals surface area (Å²) in [5.41, 5.74) is 0.504. The largest absolute Gasteiger partial charge is 0.507 e. The maximum atomic E-state index is 14.1. The molecule has 3 aromatic carbocycles.